The Balaban J connectivity index is 1.33. The summed E-state index contributed by atoms with van der Waals surface area (Å²) < 4.78 is 30.5. The summed E-state index contributed by atoms with van der Waals surface area (Å²) in [7, 11) is -8.90. The van der Waals surface area contributed by atoms with Gasteiger partial charge in [-0.3, -0.25) is 13.7 Å². The van der Waals surface area contributed by atoms with Crippen LogP contribution in [-0.4, -0.2) is 74.8 Å². The average Bonchev–Trinajstić information content (AvgIpc) is 3.43. The lowest BCUT2D eigenvalue weighted by Gasteiger charge is -2.22. The zero-order valence-electron chi connectivity index (χ0n) is 21.5. The fraction of sp³-hybridized carbons (Fsp3) is 0.542. The highest BCUT2D eigenvalue weighted by molar-refractivity contribution is 7.72. The summed E-state index contributed by atoms with van der Waals surface area (Å²) in [5.41, 5.74) is 2.66. The van der Waals surface area contributed by atoms with Gasteiger partial charge in [0.15, 0.2) is 23.2 Å². The number of fused-ring (bicyclic) bond motifs is 1. The third-order valence-corrected chi connectivity index (χ3v) is 11.8. The van der Waals surface area contributed by atoms with Crippen LogP contribution in [0, 0.1) is 0 Å². The smallest absolute Gasteiger partial charge is 0.335 e. The van der Waals surface area contributed by atoms with Crippen LogP contribution in [0.25, 0.3) is 11.2 Å². The molecule has 2 fully saturated rings. The van der Waals surface area contributed by atoms with Crippen molar-refractivity contribution >= 4 is 49.2 Å². The van der Waals surface area contributed by atoms with Crippen LogP contribution >= 0.6 is 26.6 Å². The lowest BCUT2D eigenvalue weighted by Crippen LogP contribution is -2.32. The lowest BCUT2D eigenvalue weighted by molar-refractivity contribution is -0.0354. The van der Waals surface area contributed by atoms with Gasteiger partial charge >= 0.3 is 7.60 Å². The maximum atomic E-state index is 12.2. The molecule has 5 rings (SSSR count). The van der Waals surface area contributed by atoms with Crippen molar-refractivity contribution in [1.82, 2.24) is 19.5 Å². The van der Waals surface area contributed by atoms with E-state index in [1.165, 1.54) is 48.6 Å². The molecule has 1 aromatic carbocycles. The summed E-state index contributed by atoms with van der Waals surface area (Å²) in [5, 5.41) is 24.4. The molecule has 2 aliphatic rings. The molecule has 0 spiro atoms. The molecule has 13 nitrogen and oxygen atoms in total. The molecule has 6 N–H and O–H groups in total. The summed E-state index contributed by atoms with van der Waals surface area (Å²) in [4.78, 5) is 40.9. The number of aromatic nitrogens is 4. The molecule has 40 heavy (non-hydrogen) atoms. The number of nitrogens with zero attached hydrogens (tertiary/aromatic N) is 4. The minimum absolute atomic E-state index is 0.0844. The number of aliphatic hydroxyl groups is 2. The second-order valence-corrected chi connectivity index (χ2v) is 15.4. The Kier molecular flexibility index (Phi) is 8.69. The third kappa shape index (κ3) is 6.75. The number of halogens is 1. The van der Waals surface area contributed by atoms with Crippen LogP contribution in [0.5, 0.6) is 0 Å². The molecule has 1 saturated carbocycles. The number of aliphatic hydroxyl groups excluding tert-OH is 2. The zero-order valence-corrected chi connectivity index (χ0v) is 24.0. The van der Waals surface area contributed by atoms with Gasteiger partial charge in [-0.2, -0.15) is 9.97 Å². The number of nitrogens with one attached hydrogen (secondary N) is 1. The van der Waals surface area contributed by atoms with Gasteiger partial charge in [-0.15, -0.1) is 0 Å². The molecule has 0 bridgehead atoms. The van der Waals surface area contributed by atoms with E-state index in [1.807, 2.05) is 12.1 Å². The lowest BCUT2D eigenvalue weighted by atomic mass is 9.84. The van der Waals surface area contributed by atoms with Gasteiger partial charge in [0.1, 0.15) is 18.1 Å². The van der Waals surface area contributed by atoms with E-state index in [9.17, 15) is 24.2 Å². The van der Waals surface area contributed by atoms with Crippen LogP contribution in [0.2, 0.25) is 5.28 Å². The summed E-state index contributed by atoms with van der Waals surface area (Å²) in [6.07, 6.45) is 1.72. The van der Waals surface area contributed by atoms with E-state index in [0.717, 1.165) is 5.69 Å². The number of hydrogen-bond acceptors (Lipinski definition) is 9. The number of anilines is 2. The van der Waals surface area contributed by atoms with E-state index in [2.05, 4.69) is 32.4 Å². The second-order valence-electron chi connectivity index (χ2n) is 10.5. The Morgan fingerprint density at radius 1 is 1.02 bits per heavy atom. The number of imidazole rings is 1. The maximum absolute atomic E-state index is 12.2. The molecule has 1 aliphatic heterocycles. The summed E-state index contributed by atoms with van der Waals surface area (Å²) in [6, 6.07) is 8.15. The first-order valence-corrected chi connectivity index (χ1v) is 17.2. The molecule has 0 radical (unpaired) electrons. The number of rotatable bonds is 9. The van der Waals surface area contributed by atoms with Crippen molar-refractivity contribution in [2.75, 3.05) is 17.4 Å². The predicted octanol–water partition coefficient (Wildman–Crippen LogP) is 3.69. The predicted molar refractivity (Wildman–Crippen MR) is 148 cm³/mol. The molecule has 0 amide bonds. The highest BCUT2D eigenvalue weighted by Gasteiger charge is 2.45. The average molecular weight is 616 g/mol. The van der Waals surface area contributed by atoms with Crippen molar-refractivity contribution in [1.29, 1.82) is 0 Å². The van der Waals surface area contributed by atoms with Crippen molar-refractivity contribution in [3.63, 3.8) is 0 Å². The van der Waals surface area contributed by atoms with Gasteiger partial charge in [0, 0.05) is 11.8 Å². The summed E-state index contributed by atoms with van der Waals surface area (Å²) in [5.74, 6) is -0.261. The normalized spacial score (nSPS) is 25.8. The minimum Gasteiger partial charge on any atom is -0.388 e. The van der Waals surface area contributed by atoms with Crippen molar-refractivity contribution in [2.45, 2.75) is 69.0 Å². The van der Waals surface area contributed by atoms with E-state index in [-0.39, 0.29) is 17.4 Å². The van der Waals surface area contributed by atoms with Crippen molar-refractivity contribution in [3.8, 4) is 0 Å². The van der Waals surface area contributed by atoms with Crippen molar-refractivity contribution < 1.29 is 38.8 Å². The van der Waals surface area contributed by atoms with Crippen LogP contribution in [0.4, 0.5) is 11.5 Å². The van der Waals surface area contributed by atoms with Crippen LogP contribution in [0.15, 0.2) is 30.6 Å². The van der Waals surface area contributed by atoms with Crippen LogP contribution < -0.4 is 5.32 Å². The first-order chi connectivity index (χ1) is 18.9. The van der Waals surface area contributed by atoms with E-state index in [4.69, 9.17) is 26.1 Å². The Morgan fingerprint density at radius 3 is 2.40 bits per heavy atom. The standard InChI is InChI=1S/C24H32ClN5O8P2/c25-24-28-21(27-16-8-6-15(7-9-16)14-4-2-1-3-5-14)18-22(29-24)30(12-26-18)23-20(32)19(31)17(38-23)10-11-39(33,34)13-40(35,36)37/h6-9,12,14,17,19-20,23,31-32H,1-5,10-11,13H2,(H,33,34)(H,27,28,29)(H2,35,36,37)/t17-,19?,20+,23-/m1/s1. The molecular weight excluding hydrogens is 584 g/mol. The molecular formula is C24H32ClN5O8P2. The first kappa shape index (κ1) is 29.6. The van der Waals surface area contributed by atoms with Crippen LogP contribution in [0.3, 0.4) is 0 Å². The van der Waals surface area contributed by atoms with Crippen LogP contribution in [-0.2, 0) is 13.9 Å². The van der Waals surface area contributed by atoms with E-state index in [1.54, 1.807) is 0 Å². The molecule has 16 heteroatoms. The summed E-state index contributed by atoms with van der Waals surface area (Å²) >= 11 is 6.22. The van der Waals surface area contributed by atoms with Gasteiger partial charge < -0.3 is 34.9 Å². The topological polar surface area (TPSA) is 200 Å². The maximum Gasteiger partial charge on any atom is 0.335 e. The minimum atomic E-state index is -4.71. The SMILES string of the molecule is O=P(O)(O)CP(=O)(O)CC[C@H]1O[C@@H](n2cnc3c(Nc4ccc(C5CCCCC5)cc4)nc(Cl)nc32)[C@@H](O)C1O. The van der Waals surface area contributed by atoms with E-state index < -0.39 is 51.6 Å². The Hall–Kier alpha value is -1.92. The molecule has 1 saturated heterocycles. The van der Waals surface area contributed by atoms with Gasteiger partial charge in [0.2, 0.25) is 12.7 Å². The zero-order chi connectivity index (χ0) is 28.7. The molecule has 3 aromatic rings. The Labute approximate surface area is 235 Å². The third-order valence-electron chi connectivity index (χ3n) is 7.42. The van der Waals surface area contributed by atoms with Crippen LogP contribution in [0.1, 0.15) is 56.2 Å². The summed E-state index contributed by atoms with van der Waals surface area (Å²) in [6.45, 7) is 0. The Bertz CT molecular complexity index is 1450. The van der Waals surface area contributed by atoms with Crippen molar-refractivity contribution in [3.05, 3.63) is 41.4 Å². The fourth-order valence-electron chi connectivity index (χ4n) is 5.46. The molecule has 1 aliphatic carbocycles. The van der Waals surface area contributed by atoms with Gasteiger partial charge in [-0.05, 0) is 54.5 Å². The van der Waals surface area contributed by atoms with Crippen molar-refractivity contribution in [2.24, 2.45) is 0 Å². The largest absolute Gasteiger partial charge is 0.388 e. The van der Waals surface area contributed by atoms with E-state index >= 15 is 0 Å². The highest BCUT2D eigenvalue weighted by atomic mass is 35.5. The van der Waals surface area contributed by atoms with Gasteiger partial charge in [-0.25, -0.2) is 4.98 Å². The molecule has 2 unspecified atom stereocenters. The Morgan fingerprint density at radius 2 is 1.73 bits per heavy atom. The molecule has 3 heterocycles. The molecule has 5 atom stereocenters. The first-order valence-electron chi connectivity index (χ1n) is 13.0. The highest BCUT2D eigenvalue weighted by Crippen LogP contribution is 2.55. The monoisotopic (exact) mass is 615 g/mol. The quantitative estimate of drug-likeness (QED) is 0.151. The van der Waals surface area contributed by atoms with E-state index in [0.29, 0.717) is 17.3 Å². The second kappa shape index (κ2) is 11.8. The number of ether oxygens (including phenoxy) is 1. The number of hydrogen-bond donors (Lipinski definition) is 6. The van der Waals surface area contributed by atoms with Gasteiger partial charge in [0.25, 0.3) is 0 Å². The number of benzene rings is 1. The molecule has 2 aromatic heterocycles. The fourth-order valence-corrected chi connectivity index (χ4v) is 9.15. The van der Waals surface area contributed by atoms with Gasteiger partial charge in [-0.1, -0.05) is 31.4 Å². The molecule has 218 valence electrons. The van der Waals surface area contributed by atoms with Gasteiger partial charge in [0.05, 0.1) is 12.4 Å².